The van der Waals surface area contributed by atoms with Crippen molar-refractivity contribution < 1.29 is 13.9 Å². The molecule has 0 spiro atoms. The summed E-state index contributed by atoms with van der Waals surface area (Å²) in [5.41, 5.74) is 4.39. The second-order valence-electron chi connectivity index (χ2n) is 8.85. The van der Waals surface area contributed by atoms with Gasteiger partial charge in [0, 0.05) is 23.9 Å². The number of nitrogens with zero attached hydrogens (tertiary/aromatic N) is 6. The Morgan fingerprint density at radius 1 is 1.17 bits per heavy atom. The van der Waals surface area contributed by atoms with E-state index in [9.17, 15) is 4.79 Å². The lowest BCUT2D eigenvalue weighted by molar-refractivity contribution is -0.130. The van der Waals surface area contributed by atoms with Gasteiger partial charge >= 0.3 is 0 Å². The molecule has 0 saturated carbocycles. The molecule has 1 aliphatic rings. The van der Waals surface area contributed by atoms with Crippen molar-refractivity contribution in [1.82, 2.24) is 29.2 Å². The van der Waals surface area contributed by atoms with Crippen LogP contribution >= 0.6 is 0 Å². The van der Waals surface area contributed by atoms with Crippen LogP contribution in [0.25, 0.3) is 17.5 Å². The number of rotatable bonds is 6. The summed E-state index contributed by atoms with van der Waals surface area (Å²) in [5.74, 6) is 0.223. The fourth-order valence-corrected chi connectivity index (χ4v) is 4.59. The molecule has 0 bridgehead atoms. The molecule has 3 heterocycles. The fraction of sp³-hybridized carbons (Fsp3) is 0.259. The molecule has 36 heavy (non-hydrogen) atoms. The number of ether oxygens (including phenoxy) is 1. The van der Waals surface area contributed by atoms with Crippen LogP contribution in [0.1, 0.15) is 42.6 Å². The first-order chi connectivity index (χ1) is 17.4. The van der Waals surface area contributed by atoms with E-state index < -0.39 is 6.04 Å². The maximum Gasteiger partial charge on any atom is 0.250 e. The number of methoxy groups -OCH3 is 1. The van der Waals surface area contributed by atoms with Crippen molar-refractivity contribution in [2.75, 3.05) is 13.7 Å². The summed E-state index contributed by atoms with van der Waals surface area (Å²) in [6, 6.07) is 10.3. The number of benzene rings is 2. The molecule has 1 amide bonds. The van der Waals surface area contributed by atoms with Gasteiger partial charge in [-0.25, -0.2) is 19.0 Å². The smallest absolute Gasteiger partial charge is 0.250 e. The molecule has 1 saturated heterocycles. The fourth-order valence-electron chi connectivity index (χ4n) is 4.59. The normalized spacial score (nSPS) is 15.9. The zero-order valence-corrected chi connectivity index (χ0v) is 20.4. The number of aromatic nitrogens is 5. The van der Waals surface area contributed by atoms with Crippen LogP contribution in [0.15, 0.2) is 67.2 Å². The van der Waals surface area contributed by atoms with Gasteiger partial charge in [-0.2, -0.15) is 5.10 Å². The number of carbonyl (C=O) groups is 1. The van der Waals surface area contributed by atoms with E-state index in [0.29, 0.717) is 35.5 Å². The van der Waals surface area contributed by atoms with Crippen molar-refractivity contribution in [3.05, 3.63) is 89.8 Å². The van der Waals surface area contributed by atoms with Crippen LogP contribution < -0.4 is 4.74 Å². The molecule has 0 unspecified atom stereocenters. The van der Waals surface area contributed by atoms with Gasteiger partial charge in [0.05, 0.1) is 36.5 Å². The molecular formula is C27H27FN6O2. The third-order valence-corrected chi connectivity index (χ3v) is 6.50. The first-order valence-electron chi connectivity index (χ1n) is 11.8. The molecule has 1 aliphatic heterocycles. The van der Waals surface area contributed by atoms with E-state index in [1.807, 2.05) is 48.9 Å². The number of aryl methyl sites for hydroxylation is 1. The molecule has 1 atom stereocenters. The zero-order chi connectivity index (χ0) is 25.2. The van der Waals surface area contributed by atoms with E-state index in [4.69, 9.17) is 4.74 Å². The number of halogens is 1. The Hall–Kier alpha value is -4.27. The van der Waals surface area contributed by atoms with Gasteiger partial charge < -0.3 is 14.2 Å². The molecule has 0 N–H and O–H groups in total. The first kappa shape index (κ1) is 23.5. The zero-order valence-electron chi connectivity index (χ0n) is 20.4. The van der Waals surface area contributed by atoms with Crippen molar-refractivity contribution in [1.29, 1.82) is 0 Å². The monoisotopic (exact) mass is 486 g/mol. The van der Waals surface area contributed by atoms with Crippen LogP contribution in [0.5, 0.6) is 5.75 Å². The molecule has 9 heteroatoms. The number of amides is 1. The highest BCUT2D eigenvalue weighted by atomic mass is 19.1. The Bertz CT molecular complexity index is 1430. The Kier molecular flexibility index (Phi) is 6.37. The van der Waals surface area contributed by atoms with Gasteiger partial charge in [0.15, 0.2) is 0 Å². The minimum Gasteiger partial charge on any atom is -0.495 e. The molecule has 184 valence electrons. The minimum atomic E-state index is -0.410. The average Bonchev–Trinajstić information content (AvgIpc) is 3.57. The highest BCUT2D eigenvalue weighted by Gasteiger charge is 2.29. The van der Waals surface area contributed by atoms with Gasteiger partial charge in [-0.3, -0.25) is 4.79 Å². The van der Waals surface area contributed by atoms with Gasteiger partial charge in [0.1, 0.15) is 24.2 Å². The van der Waals surface area contributed by atoms with E-state index >= 15 is 4.39 Å². The molecule has 0 aliphatic carbocycles. The maximum absolute atomic E-state index is 15.0. The summed E-state index contributed by atoms with van der Waals surface area (Å²) < 4.78 is 24.1. The molecular weight excluding hydrogens is 459 g/mol. The van der Waals surface area contributed by atoms with Crippen molar-refractivity contribution in [3.8, 4) is 17.1 Å². The van der Waals surface area contributed by atoms with E-state index in [2.05, 4.69) is 15.1 Å². The highest BCUT2D eigenvalue weighted by molar-refractivity contribution is 5.98. The Balaban J connectivity index is 1.38. The largest absolute Gasteiger partial charge is 0.495 e. The van der Waals surface area contributed by atoms with Gasteiger partial charge in [-0.15, -0.1) is 0 Å². The molecule has 8 nitrogen and oxygen atoms in total. The van der Waals surface area contributed by atoms with Crippen molar-refractivity contribution in [2.45, 2.75) is 32.7 Å². The lowest BCUT2D eigenvalue weighted by Gasteiger charge is -2.34. The molecule has 2 aromatic carbocycles. The predicted molar refractivity (Wildman–Crippen MR) is 134 cm³/mol. The number of piperidine rings is 1. The quantitative estimate of drug-likeness (QED) is 0.370. The summed E-state index contributed by atoms with van der Waals surface area (Å²) in [5, 5.41) is 4.04. The van der Waals surface area contributed by atoms with Crippen LogP contribution in [0.2, 0.25) is 0 Å². The minimum absolute atomic E-state index is 0.0817. The topological polar surface area (TPSA) is 78.1 Å². The third kappa shape index (κ3) is 4.51. The Labute approximate surface area is 208 Å². The number of hydrogen-bond donors (Lipinski definition) is 0. The second kappa shape index (κ2) is 9.77. The average molecular weight is 487 g/mol. The predicted octanol–water partition coefficient (Wildman–Crippen LogP) is 4.68. The molecule has 4 aromatic rings. The van der Waals surface area contributed by atoms with Crippen molar-refractivity contribution in [2.24, 2.45) is 0 Å². The summed E-state index contributed by atoms with van der Waals surface area (Å²) in [6.07, 6.45) is 9.96. The van der Waals surface area contributed by atoms with Gasteiger partial charge in [0.25, 0.3) is 0 Å². The van der Waals surface area contributed by atoms with E-state index in [0.717, 1.165) is 23.4 Å². The van der Waals surface area contributed by atoms with Gasteiger partial charge in [-0.1, -0.05) is 12.1 Å². The highest BCUT2D eigenvalue weighted by Crippen LogP contribution is 2.32. The summed E-state index contributed by atoms with van der Waals surface area (Å²) in [7, 11) is 1.62. The molecule has 0 radical (unpaired) electrons. The SMILES string of the molecule is COc1cc(/C=C2\CCCN([C@@H](C)c3ccc(-n4cncn4)cc3F)C2=O)ccc1-n1cnc(C)c1. The summed E-state index contributed by atoms with van der Waals surface area (Å²) >= 11 is 0. The van der Waals surface area contributed by atoms with Gasteiger partial charge in [-0.05, 0) is 62.6 Å². The van der Waals surface area contributed by atoms with Crippen LogP contribution in [0.3, 0.4) is 0 Å². The number of hydrogen-bond acceptors (Lipinski definition) is 5. The van der Waals surface area contributed by atoms with Gasteiger partial charge in [0.2, 0.25) is 5.91 Å². The number of carbonyl (C=O) groups excluding carboxylic acids is 1. The number of likely N-dealkylation sites (tertiary alicyclic amines) is 1. The van der Waals surface area contributed by atoms with E-state index in [1.54, 1.807) is 30.5 Å². The Morgan fingerprint density at radius 2 is 2.03 bits per heavy atom. The van der Waals surface area contributed by atoms with Crippen molar-refractivity contribution >= 4 is 12.0 Å². The maximum atomic E-state index is 15.0. The standard InChI is InChI=1S/C27H27FN6O2/c1-18-14-32(17-30-18)25-9-6-20(12-26(25)36-3)11-21-5-4-10-33(27(21)35)19(2)23-8-7-22(13-24(23)28)34-16-29-15-31-34/h6-9,11-17,19H,4-5,10H2,1-3H3/b21-11+/t19-/m0/s1. The second-order valence-corrected chi connectivity index (χ2v) is 8.85. The van der Waals surface area contributed by atoms with Crippen LogP contribution in [-0.2, 0) is 4.79 Å². The Morgan fingerprint density at radius 3 is 2.72 bits per heavy atom. The first-order valence-corrected chi connectivity index (χ1v) is 11.8. The third-order valence-electron chi connectivity index (χ3n) is 6.50. The molecule has 1 fully saturated rings. The van der Waals surface area contributed by atoms with E-state index in [-0.39, 0.29) is 11.7 Å². The molecule has 5 rings (SSSR count). The molecule has 2 aromatic heterocycles. The van der Waals surface area contributed by atoms with E-state index in [1.165, 1.54) is 23.4 Å². The summed E-state index contributed by atoms with van der Waals surface area (Å²) in [4.78, 5) is 23.3. The van der Waals surface area contributed by atoms with Crippen molar-refractivity contribution in [3.63, 3.8) is 0 Å². The van der Waals surface area contributed by atoms with Crippen LogP contribution in [-0.4, -0.2) is 48.8 Å². The van der Waals surface area contributed by atoms with Crippen LogP contribution in [0.4, 0.5) is 4.39 Å². The number of imidazole rings is 1. The lowest BCUT2D eigenvalue weighted by Crippen LogP contribution is -2.39. The summed E-state index contributed by atoms with van der Waals surface area (Å²) in [6.45, 7) is 4.36. The van der Waals surface area contributed by atoms with Crippen LogP contribution in [0, 0.1) is 12.7 Å². The lowest BCUT2D eigenvalue weighted by atomic mass is 9.97.